The van der Waals surface area contributed by atoms with Crippen LogP contribution in [0.2, 0.25) is 0 Å². The van der Waals surface area contributed by atoms with Crippen LogP contribution in [0.1, 0.15) is 0 Å². The van der Waals surface area contributed by atoms with Gasteiger partial charge < -0.3 is 23.1 Å². The van der Waals surface area contributed by atoms with Crippen LogP contribution in [0.15, 0.2) is 362 Å². The first-order valence-corrected chi connectivity index (χ1v) is 40.3. The zero-order valence-electron chi connectivity index (χ0n) is 58.2. The maximum absolute atomic E-state index is 6.56. The molecular formula is C95H58N6O3S5. The number of nitrogens with zero attached hydrogens (tertiary/aromatic N) is 6. The molecule has 109 heavy (non-hydrogen) atoms. The van der Waals surface area contributed by atoms with E-state index in [2.05, 4.69) is 283 Å². The van der Waals surface area contributed by atoms with Crippen LogP contribution in [0, 0.1) is 0 Å². The lowest BCUT2D eigenvalue weighted by Gasteiger charge is -2.33. The lowest BCUT2D eigenvalue weighted by atomic mass is 10.0. The van der Waals surface area contributed by atoms with Gasteiger partial charge in [0.1, 0.15) is 32.2 Å². The van der Waals surface area contributed by atoms with E-state index in [9.17, 15) is 0 Å². The summed E-state index contributed by atoms with van der Waals surface area (Å²) >= 11 is 8.94. The van der Waals surface area contributed by atoms with Gasteiger partial charge in [0.2, 0.25) is 11.8 Å². The number of hydrogen-bond acceptors (Lipinski definition) is 14. The van der Waals surface area contributed by atoms with Gasteiger partial charge >= 0.3 is 0 Å². The quantitative estimate of drug-likeness (QED) is 0.109. The third-order valence-corrected chi connectivity index (χ3v) is 25.3. The van der Waals surface area contributed by atoms with E-state index in [4.69, 9.17) is 33.2 Å². The molecule has 1 aliphatic heterocycles. The van der Waals surface area contributed by atoms with E-state index in [0.717, 1.165) is 121 Å². The summed E-state index contributed by atoms with van der Waals surface area (Å²) in [6.07, 6.45) is 2.12. The van der Waals surface area contributed by atoms with Crippen molar-refractivity contribution in [1.82, 2.24) is 19.9 Å². The molecule has 0 atom stereocenters. The van der Waals surface area contributed by atoms with E-state index < -0.39 is 0 Å². The van der Waals surface area contributed by atoms with E-state index in [1.54, 1.807) is 34.4 Å². The molecule has 0 amide bonds. The van der Waals surface area contributed by atoms with Gasteiger partial charge in [0.15, 0.2) is 11.2 Å². The fourth-order valence-electron chi connectivity index (χ4n) is 14.9. The topological polar surface area (TPSA) is 97.5 Å². The van der Waals surface area contributed by atoms with Gasteiger partial charge in [-0.15, -0.1) is 45.8 Å². The van der Waals surface area contributed by atoms with Gasteiger partial charge in [-0.1, -0.05) is 182 Å². The first-order chi connectivity index (χ1) is 53.9. The lowest BCUT2D eigenvalue weighted by molar-refractivity contribution is 0.619. The van der Waals surface area contributed by atoms with Crippen molar-refractivity contribution in [2.45, 2.75) is 14.7 Å². The highest BCUT2D eigenvalue weighted by Crippen LogP contribution is 2.56. The van der Waals surface area contributed by atoms with Gasteiger partial charge in [0.05, 0.1) is 37.5 Å². The fourth-order valence-corrected chi connectivity index (χ4v) is 19.7. The van der Waals surface area contributed by atoms with Crippen LogP contribution >= 0.6 is 57.5 Å². The number of benzene rings is 15. The summed E-state index contributed by atoms with van der Waals surface area (Å²) in [5, 5.41) is 6.84. The Hall–Kier alpha value is -12.7. The SMILES string of the molecule is CSc1cc2c(cc1N(c1ccc(-c3nc4ccccc4o3)cc1)c1cccc(-c3nc4ccccc4o3)c1)oc1ccc(-c3ccccc3)cc12.c1ccc(-c2cccc3sc(-c4ccc(N5c6ccc(-c7nc8c(-c9ccccc9)cccc8s7)cc6Sc6cc7c(cc65)sc5ccccc57)cc4)nc23)cc1. The van der Waals surface area contributed by atoms with Gasteiger partial charge in [-0.3, -0.25) is 0 Å². The third-order valence-electron chi connectivity index (χ3n) is 20.2. The van der Waals surface area contributed by atoms with Crippen molar-refractivity contribution < 1.29 is 13.3 Å². The summed E-state index contributed by atoms with van der Waals surface area (Å²) in [6, 6.07) is 117. The maximum Gasteiger partial charge on any atom is 0.227 e. The van der Waals surface area contributed by atoms with Crippen LogP contribution in [0.5, 0.6) is 0 Å². The largest absolute Gasteiger partial charge is 0.456 e. The first kappa shape index (κ1) is 64.7. The highest BCUT2D eigenvalue weighted by Gasteiger charge is 2.29. The number of oxazole rings is 2. The number of thioether (sulfide) groups is 1. The first-order valence-electron chi connectivity index (χ1n) is 35.8. The predicted octanol–water partition coefficient (Wildman–Crippen LogP) is 28.9. The number of thiophene rings is 1. The number of para-hydroxylation sites is 6. The van der Waals surface area contributed by atoms with Crippen molar-refractivity contribution in [1.29, 1.82) is 0 Å². The van der Waals surface area contributed by atoms with Gasteiger partial charge in [-0.2, -0.15) is 0 Å². The Morgan fingerprint density at radius 1 is 0.321 bits per heavy atom. The molecule has 0 unspecified atom stereocenters. The van der Waals surface area contributed by atoms with E-state index in [-0.39, 0.29) is 0 Å². The molecule has 0 radical (unpaired) electrons. The fraction of sp³-hybridized carbons (Fsp3) is 0.0105. The molecule has 0 saturated heterocycles. The molecule has 0 N–H and O–H groups in total. The summed E-state index contributed by atoms with van der Waals surface area (Å²) in [4.78, 5) is 28.3. The number of fused-ring (bicyclic) bond motifs is 12. The summed E-state index contributed by atoms with van der Waals surface area (Å²) in [6.45, 7) is 0. The molecule has 14 heteroatoms. The van der Waals surface area contributed by atoms with Gasteiger partial charge in [0, 0.05) is 102 Å². The molecule has 6 aromatic heterocycles. The predicted molar refractivity (Wildman–Crippen MR) is 458 cm³/mol. The molecule has 0 bridgehead atoms. The van der Waals surface area contributed by atoms with Crippen molar-refractivity contribution in [3.63, 3.8) is 0 Å². The molecule has 0 saturated carbocycles. The average molecular weight is 1490 g/mol. The minimum Gasteiger partial charge on any atom is -0.456 e. The standard InChI is InChI=1S/C50H29N3S4.C45H29N3O3S/c1-3-11-30(12-4-1)35-16-9-19-42-47(35)51-49(56-42)32-21-24-34(25-22-32)53-39-26-23-33(50-52-48-36(17-10-20-43(48)57-50)31-13-5-2-6-14-31)27-45(39)55-46-28-38-37-15-7-8-18-41(37)54-44(38)29-40(46)53;1-52-43-26-35-34-25-30(28-10-3-2-4-11-28)20-23-39(34)49-42(35)27-38(43)48(32-21-18-29(19-22-32)44-46-36-14-5-7-16-40(36)50-44)33-13-9-12-31(24-33)45-47-37-15-6-8-17-41(37)51-45/h1-29H;2-27H,1H3. The molecule has 0 fully saturated rings. The van der Waals surface area contributed by atoms with E-state index in [1.807, 2.05) is 89.8 Å². The van der Waals surface area contributed by atoms with Crippen LogP contribution in [-0.2, 0) is 0 Å². The Morgan fingerprint density at radius 2 is 0.881 bits per heavy atom. The third kappa shape index (κ3) is 11.7. The number of hydrogen-bond donors (Lipinski definition) is 0. The molecular weight excluding hydrogens is 1430 g/mol. The molecule has 7 heterocycles. The van der Waals surface area contributed by atoms with Crippen molar-refractivity contribution in [3.05, 3.63) is 334 Å². The molecule has 1 aliphatic rings. The highest BCUT2D eigenvalue weighted by molar-refractivity contribution is 7.99. The monoisotopic (exact) mass is 1490 g/mol. The molecule has 15 aromatic carbocycles. The van der Waals surface area contributed by atoms with E-state index >= 15 is 0 Å². The molecule has 22 rings (SSSR count). The normalized spacial score (nSPS) is 12.1. The summed E-state index contributed by atoms with van der Waals surface area (Å²) in [5.41, 5.74) is 24.4. The second kappa shape index (κ2) is 27.0. The van der Waals surface area contributed by atoms with Crippen LogP contribution in [0.4, 0.5) is 34.1 Å². The number of thiazole rings is 2. The smallest absolute Gasteiger partial charge is 0.227 e. The summed E-state index contributed by atoms with van der Waals surface area (Å²) in [5.74, 6) is 1.15. The average Bonchev–Trinajstić information content (AvgIpc) is 1.71. The Labute approximate surface area is 646 Å². The summed E-state index contributed by atoms with van der Waals surface area (Å²) in [7, 11) is 0. The molecule has 21 aromatic rings. The number of furan rings is 1. The van der Waals surface area contributed by atoms with E-state index in [1.165, 1.54) is 78.6 Å². The van der Waals surface area contributed by atoms with E-state index in [0.29, 0.717) is 11.8 Å². The van der Waals surface area contributed by atoms with Crippen LogP contribution in [0.3, 0.4) is 0 Å². The number of rotatable bonds is 12. The lowest BCUT2D eigenvalue weighted by Crippen LogP contribution is -2.14. The van der Waals surface area contributed by atoms with Crippen LogP contribution in [0.25, 0.3) is 162 Å². The number of anilines is 6. The van der Waals surface area contributed by atoms with Crippen LogP contribution in [-0.4, -0.2) is 26.2 Å². The van der Waals surface area contributed by atoms with Gasteiger partial charge in [0.25, 0.3) is 0 Å². The van der Waals surface area contributed by atoms with Gasteiger partial charge in [-0.25, -0.2) is 19.9 Å². The molecule has 9 nitrogen and oxygen atoms in total. The minimum absolute atomic E-state index is 0.571. The zero-order chi connectivity index (χ0) is 72.0. The molecule has 0 spiro atoms. The van der Waals surface area contributed by atoms with Crippen molar-refractivity contribution in [3.8, 4) is 77.4 Å². The zero-order valence-corrected chi connectivity index (χ0v) is 62.3. The van der Waals surface area contributed by atoms with Crippen molar-refractivity contribution in [2.75, 3.05) is 16.1 Å². The highest BCUT2D eigenvalue weighted by atomic mass is 32.2. The van der Waals surface area contributed by atoms with Crippen LogP contribution < -0.4 is 9.80 Å². The second-order valence-electron chi connectivity index (χ2n) is 26.8. The second-order valence-corrected chi connectivity index (χ2v) is 31.8. The Balaban J connectivity index is 0.000000139. The maximum atomic E-state index is 6.56. The molecule has 0 aliphatic carbocycles. The summed E-state index contributed by atoms with van der Waals surface area (Å²) < 4.78 is 23.9. The van der Waals surface area contributed by atoms with Crippen molar-refractivity contribution >= 4 is 176 Å². The molecule has 516 valence electrons. The Morgan fingerprint density at radius 3 is 1.56 bits per heavy atom. The minimum atomic E-state index is 0.571. The number of aromatic nitrogens is 4. The Bertz CT molecular complexity index is 7020. The van der Waals surface area contributed by atoms with Gasteiger partial charge in [-0.05, 0) is 186 Å². The van der Waals surface area contributed by atoms with Crippen molar-refractivity contribution in [2.24, 2.45) is 0 Å². The Kier molecular flexibility index (Phi) is 16.0.